The fourth-order valence-corrected chi connectivity index (χ4v) is 4.28. The van der Waals surface area contributed by atoms with Crippen LogP contribution >= 0.6 is 23.5 Å². The average molecular weight is 321 g/mol. The molecule has 1 aliphatic rings. The summed E-state index contributed by atoms with van der Waals surface area (Å²) in [6, 6.07) is 8.70. The van der Waals surface area contributed by atoms with Gasteiger partial charge in [0.2, 0.25) is 11.7 Å². The van der Waals surface area contributed by atoms with Crippen molar-refractivity contribution in [3.8, 4) is 11.4 Å². The standard InChI is InChI=1S/C15H19N3OS2/c1-3-16-13-9-21-8-12(13)15-17-14(18-19-15)10-4-6-11(20-2)7-5-10/h4-7,12-13,16H,3,8-9H2,1-2H3. The number of rotatable bonds is 5. The highest BCUT2D eigenvalue weighted by Crippen LogP contribution is 2.33. The first-order chi connectivity index (χ1) is 10.3. The molecular weight excluding hydrogens is 302 g/mol. The smallest absolute Gasteiger partial charge is 0.232 e. The summed E-state index contributed by atoms with van der Waals surface area (Å²) >= 11 is 3.67. The third kappa shape index (κ3) is 3.27. The van der Waals surface area contributed by atoms with E-state index in [1.165, 1.54) is 4.90 Å². The van der Waals surface area contributed by atoms with Gasteiger partial charge in [0.25, 0.3) is 0 Å². The highest BCUT2D eigenvalue weighted by molar-refractivity contribution is 7.99. The molecule has 0 aliphatic carbocycles. The second-order valence-corrected chi connectivity index (χ2v) is 6.95. The molecule has 2 unspecified atom stereocenters. The van der Waals surface area contributed by atoms with Crippen LogP contribution < -0.4 is 5.32 Å². The Kier molecular flexibility index (Phi) is 4.87. The highest BCUT2D eigenvalue weighted by atomic mass is 32.2. The van der Waals surface area contributed by atoms with Gasteiger partial charge in [-0.25, -0.2) is 0 Å². The van der Waals surface area contributed by atoms with Crippen molar-refractivity contribution in [1.82, 2.24) is 15.5 Å². The van der Waals surface area contributed by atoms with Gasteiger partial charge in [0.15, 0.2) is 0 Å². The summed E-state index contributed by atoms with van der Waals surface area (Å²) in [5.41, 5.74) is 1.01. The highest BCUT2D eigenvalue weighted by Gasteiger charge is 2.32. The van der Waals surface area contributed by atoms with E-state index < -0.39 is 0 Å². The Morgan fingerprint density at radius 1 is 1.33 bits per heavy atom. The summed E-state index contributed by atoms with van der Waals surface area (Å²) in [4.78, 5) is 5.85. The number of benzene rings is 1. The second-order valence-electron chi connectivity index (χ2n) is 4.99. The number of hydrogen-bond donors (Lipinski definition) is 1. The predicted molar refractivity (Wildman–Crippen MR) is 89.0 cm³/mol. The van der Waals surface area contributed by atoms with E-state index in [-0.39, 0.29) is 0 Å². The lowest BCUT2D eigenvalue weighted by Gasteiger charge is -2.15. The maximum Gasteiger partial charge on any atom is 0.232 e. The summed E-state index contributed by atoms with van der Waals surface area (Å²) in [6.45, 7) is 3.10. The van der Waals surface area contributed by atoms with Crippen molar-refractivity contribution in [2.24, 2.45) is 0 Å². The molecule has 6 heteroatoms. The van der Waals surface area contributed by atoms with Crippen LogP contribution in [0.4, 0.5) is 0 Å². The van der Waals surface area contributed by atoms with Gasteiger partial charge >= 0.3 is 0 Å². The Morgan fingerprint density at radius 3 is 2.86 bits per heavy atom. The summed E-state index contributed by atoms with van der Waals surface area (Å²) in [5.74, 6) is 3.92. The van der Waals surface area contributed by atoms with Crippen molar-refractivity contribution in [3.63, 3.8) is 0 Å². The average Bonchev–Trinajstić information content (AvgIpc) is 3.16. The molecule has 3 rings (SSSR count). The van der Waals surface area contributed by atoms with Gasteiger partial charge in [-0.3, -0.25) is 0 Å². The van der Waals surface area contributed by atoms with E-state index in [0.29, 0.717) is 17.8 Å². The third-order valence-corrected chi connectivity index (χ3v) is 5.59. The van der Waals surface area contributed by atoms with Gasteiger partial charge in [-0.15, -0.1) is 11.8 Å². The van der Waals surface area contributed by atoms with Crippen LogP contribution in [0.5, 0.6) is 0 Å². The van der Waals surface area contributed by atoms with E-state index in [1.54, 1.807) is 11.8 Å². The number of aromatic nitrogens is 2. The van der Waals surface area contributed by atoms with Crippen LogP contribution in [0, 0.1) is 0 Å². The first-order valence-electron chi connectivity index (χ1n) is 7.11. The van der Waals surface area contributed by atoms with Crippen molar-refractivity contribution >= 4 is 23.5 Å². The van der Waals surface area contributed by atoms with E-state index in [1.807, 2.05) is 23.9 Å². The van der Waals surface area contributed by atoms with Gasteiger partial charge in [-0.2, -0.15) is 16.7 Å². The zero-order chi connectivity index (χ0) is 14.7. The van der Waals surface area contributed by atoms with Crippen LogP contribution in [-0.4, -0.2) is 40.5 Å². The van der Waals surface area contributed by atoms with E-state index in [0.717, 1.165) is 29.5 Å². The molecule has 4 nitrogen and oxygen atoms in total. The van der Waals surface area contributed by atoms with Crippen molar-refractivity contribution in [2.45, 2.75) is 23.8 Å². The Balaban J connectivity index is 1.79. The molecule has 0 saturated carbocycles. The lowest BCUT2D eigenvalue weighted by molar-refractivity contribution is 0.340. The number of thioether (sulfide) groups is 2. The molecule has 1 N–H and O–H groups in total. The predicted octanol–water partition coefficient (Wildman–Crippen LogP) is 3.27. The quantitative estimate of drug-likeness (QED) is 0.853. The second kappa shape index (κ2) is 6.85. The summed E-state index contributed by atoms with van der Waals surface area (Å²) < 4.78 is 5.52. The van der Waals surface area contributed by atoms with Crippen LogP contribution in [0.1, 0.15) is 18.7 Å². The number of nitrogens with zero attached hydrogens (tertiary/aromatic N) is 2. The SMILES string of the molecule is CCNC1CSCC1c1nc(-c2ccc(SC)cc2)no1. The lowest BCUT2D eigenvalue weighted by atomic mass is 10.0. The minimum absolute atomic E-state index is 0.321. The van der Waals surface area contributed by atoms with Gasteiger partial charge in [-0.05, 0) is 37.1 Å². The molecule has 0 bridgehead atoms. The number of nitrogens with one attached hydrogen (secondary N) is 1. The Labute approximate surface area is 133 Å². The number of hydrogen-bond acceptors (Lipinski definition) is 6. The molecule has 1 aliphatic heterocycles. The molecule has 0 radical (unpaired) electrons. The van der Waals surface area contributed by atoms with Crippen molar-refractivity contribution in [1.29, 1.82) is 0 Å². The van der Waals surface area contributed by atoms with Gasteiger partial charge in [0.05, 0.1) is 5.92 Å². The van der Waals surface area contributed by atoms with Crippen LogP contribution in [0.2, 0.25) is 0 Å². The summed E-state index contributed by atoms with van der Waals surface area (Å²) in [7, 11) is 0. The molecule has 1 saturated heterocycles. The maximum atomic E-state index is 5.52. The summed E-state index contributed by atoms with van der Waals surface area (Å²) in [5, 5.41) is 7.66. The monoisotopic (exact) mass is 321 g/mol. The third-order valence-electron chi connectivity index (χ3n) is 3.65. The molecule has 1 fully saturated rings. The topological polar surface area (TPSA) is 51.0 Å². The molecule has 0 amide bonds. The van der Waals surface area contributed by atoms with Crippen LogP contribution in [0.3, 0.4) is 0 Å². The maximum absolute atomic E-state index is 5.52. The zero-order valence-corrected chi connectivity index (χ0v) is 13.8. The summed E-state index contributed by atoms with van der Waals surface area (Å²) in [6.07, 6.45) is 2.07. The Bertz CT molecular complexity index is 585. The molecule has 2 aromatic rings. The zero-order valence-electron chi connectivity index (χ0n) is 12.2. The molecule has 2 atom stereocenters. The van der Waals surface area contributed by atoms with Gasteiger partial charge in [0.1, 0.15) is 0 Å². The number of likely N-dealkylation sites (N-methyl/N-ethyl adjacent to an activating group) is 1. The van der Waals surface area contributed by atoms with Crippen molar-refractivity contribution in [3.05, 3.63) is 30.2 Å². The lowest BCUT2D eigenvalue weighted by Crippen LogP contribution is -2.34. The minimum atomic E-state index is 0.321. The molecule has 112 valence electrons. The Hall–Kier alpha value is -0.980. The fourth-order valence-electron chi connectivity index (χ4n) is 2.50. The van der Waals surface area contributed by atoms with Crippen molar-refractivity contribution < 1.29 is 4.52 Å². The van der Waals surface area contributed by atoms with E-state index in [9.17, 15) is 0 Å². The van der Waals surface area contributed by atoms with E-state index in [2.05, 4.69) is 40.8 Å². The molecular formula is C15H19N3OS2. The van der Waals surface area contributed by atoms with Crippen molar-refractivity contribution in [2.75, 3.05) is 24.3 Å². The molecule has 0 spiro atoms. The van der Waals surface area contributed by atoms with Gasteiger partial charge in [-0.1, -0.05) is 12.1 Å². The van der Waals surface area contributed by atoms with Crippen LogP contribution in [0.25, 0.3) is 11.4 Å². The van der Waals surface area contributed by atoms with Crippen LogP contribution in [-0.2, 0) is 0 Å². The normalized spacial score (nSPS) is 21.8. The van der Waals surface area contributed by atoms with Gasteiger partial charge in [0, 0.05) is 28.0 Å². The first kappa shape index (κ1) is 14.9. The van der Waals surface area contributed by atoms with E-state index >= 15 is 0 Å². The molecule has 1 aromatic heterocycles. The van der Waals surface area contributed by atoms with E-state index in [4.69, 9.17) is 4.52 Å². The molecule has 2 heterocycles. The first-order valence-corrected chi connectivity index (χ1v) is 9.49. The molecule has 1 aromatic carbocycles. The fraction of sp³-hybridized carbons (Fsp3) is 0.467. The largest absolute Gasteiger partial charge is 0.339 e. The van der Waals surface area contributed by atoms with Crippen LogP contribution in [0.15, 0.2) is 33.7 Å². The Morgan fingerprint density at radius 2 is 2.14 bits per heavy atom. The minimum Gasteiger partial charge on any atom is -0.339 e. The molecule has 21 heavy (non-hydrogen) atoms. The van der Waals surface area contributed by atoms with Gasteiger partial charge < -0.3 is 9.84 Å².